The number of nitrogens with zero attached hydrogens (tertiary/aromatic N) is 1. The molecule has 7 amide bonds. The van der Waals surface area contributed by atoms with Gasteiger partial charge < -0.3 is 71.4 Å². The third kappa shape index (κ3) is 20.1. The lowest BCUT2D eigenvalue weighted by Crippen LogP contribution is -2.61. The van der Waals surface area contributed by atoms with Crippen molar-refractivity contribution in [3.05, 3.63) is 124 Å². The number of carboxylic acids is 1. The molecule has 0 radical (unpaired) electrons. The number of benzene rings is 4. The van der Waals surface area contributed by atoms with Crippen LogP contribution in [0.15, 0.2) is 91.0 Å². The number of carbonyl (C=O) groups is 8. The molecule has 23 nitrogen and oxygen atoms in total. The summed E-state index contributed by atoms with van der Waals surface area (Å²) in [5, 5.41) is 61.0. The van der Waals surface area contributed by atoms with E-state index in [1.54, 1.807) is 30.1 Å². The zero-order valence-corrected chi connectivity index (χ0v) is 52.1. The van der Waals surface area contributed by atoms with Crippen molar-refractivity contribution in [3.63, 3.8) is 0 Å². The SMILES string of the molecule is CNC(C(=O)NC(C)C(C)(C)C)C(C)(C)c1cccc(NC(=O)OCc2ccc(OC3OC(C(=O)O)C(O)C(O)C3O)c(CNC(=O)CCNC(=O)C(CNC(=O)CCC(C)C)NC(=O)CCCCC(=O)N3Cc4ccccc4C#Cc4ccccc43)c2)c1. The number of amides is 7. The summed E-state index contributed by atoms with van der Waals surface area (Å²) in [7, 11) is 1.71. The summed E-state index contributed by atoms with van der Waals surface area (Å²) in [6.45, 7) is 15.1. The molecule has 2 aliphatic rings. The molecule has 89 heavy (non-hydrogen) atoms. The first kappa shape index (κ1) is 69.7. The average Bonchev–Trinajstić information content (AvgIpc) is 1.57. The van der Waals surface area contributed by atoms with E-state index >= 15 is 0 Å². The third-order valence-electron chi connectivity index (χ3n) is 15.8. The first-order valence-electron chi connectivity index (χ1n) is 30.0. The van der Waals surface area contributed by atoms with Gasteiger partial charge in [-0.3, -0.25) is 34.1 Å². The number of likely N-dealkylation sites (N-methyl/N-ethyl adjacent to an activating group) is 1. The van der Waals surface area contributed by atoms with Crippen LogP contribution in [0.2, 0.25) is 0 Å². The first-order chi connectivity index (χ1) is 42.2. The van der Waals surface area contributed by atoms with Crippen molar-refractivity contribution in [1.82, 2.24) is 31.9 Å². The van der Waals surface area contributed by atoms with Gasteiger partial charge in [0.25, 0.3) is 0 Å². The van der Waals surface area contributed by atoms with Crippen LogP contribution in [0.25, 0.3) is 0 Å². The summed E-state index contributed by atoms with van der Waals surface area (Å²) >= 11 is 0. The molecular weight excluding hydrogens is 1140 g/mol. The number of fused-ring (bicyclic) bond motifs is 2. The molecule has 0 bridgehead atoms. The quantitative estimate of drug-likeness (QED) is 0.0269. The van der Waals surface area contributed by atoms with Gasteiger partial charge in [0.1, 0.15) is 36.7 Å². The molecule has 1 saturated heterocycles. The molecule has 6 rings (SSSR count). The predicted octanol–water partition coefficient (Wildman–Crippen LogP) is 4.79. The van der Waals surface area contributed by atoms with Gasteiger partial charge in [-0.05, 0) is 104 Å². The van der Waals surface area contributed by atoms with Gasteiger partial charge >= 0.3 is 12.1 Å². The smallest absolute Gasteiger partial charge is 0.411 e. The molecular formula is C66H86N8O15. The number of para-hydroxylation sites is 1. The summed E-state index contributed by atoms with van der Waals surface area (Å²) in [6, 6.07) is 24.5. The Kier molecular flexibility index (Phi) is 25.2. The molecule has 8 unspecified atom stereocenters. The fourth-order valence-corrected chi connectivity index (χ4v) is 9.86. The highest BCUT2D eigenvalue weighted by Crippen LogP contribution is 2.32. The van der Waals surface area contributed by atoms with E-state index < -0.39 is 78.0 Å². The van der Waals surface area contributed by atoms with Crippen LogP contribution >= 0.6 is 0 Å². The Morgan fingerprint density at radius 1 is 0.719 bits per heavy atom. The number of unbranched alkanes of at least 4 members (excludes halogenated alkanes) is 1. The number of aliphatic carboxylic acids is 1. The van der Waals surface area contributed by atoms with E-state index in [-0.39, 0.29) is 98.3 Å². The van der Waals surface area contributed by atoms with Crippen molar-refractivity contribution < 1.29 is 73.0 Å². The first-order valence-corrected chi connectivity index (χ1v) is 30.0. The highest BCUT2D eigenvalue weighted by Gasteiger charge is 2.48. The largest absolute Gasteiger partial charge is 0.479 e. The van der Waals surface area contributed by atoms with Crippen molar-refractivity contribution in [3.8, 4) is 17.6 Å². The van der Waals surface area contributed by atoms with Crippen molar-refractivity contribution in [2.45, 2.75) is 174 Å². The zero-order valence-electron chi connectivity index (χ0n) is 52.1. The van der Waals surface area contributed by atoms with E-state index in [4.69, 9.17) is 14.2 Å². The number of hydrogen-bond donors (Lipinski definition) is 11. The van der Waals surface area contributed by atoms with E-state index in [2.05, 4.69) is 49.1 Å². The van der Waals surface area contributed by atoms with Gasteiger partial charge in [0, 0.05) is 79.2 Å². The lowest BCUT2D eigenvalue weighted by molar-refractivity contribution is -0.271. The van der Waals surface area contributed by atoms with Gasteiger partial charge in [0.2, 0.25) is 41.7 Å². The van der Waals surface area contributed by atoms with Crippen LogP contribution in [0.4, 0.5) is 16.2 Å². The molecule has 4 aromatic carbocycles. The van der Waals surface area contributed by atoms with Crippen molar-refractivity contribution >= 4 is 58.9 Å². The second-order valence-corrected chi connectivity index (χ2v) is 24.4. The van der Waals surface area contributed by atoms with Crippen molar-refractivity contribution in [2.24, 2.45) is 11.3 Å². The second kappa shape index (κ2) is 32.2. The van der Waals surface area contributed by atoms with Gasteiger partial charge in [0.05, 0.1) is 18.3 Å². The topological polar surface area (TPSA) is 333 Å². The molecule has 4 aromatic rings. The number of aliphatic hydroxyl groups excluding tert-OH is 3. The molecule has 1 fully saturated rings. The number of anilines is 2. The number of ether oxygens (including phenoxy) is 3. The summed E-state index contributed by atoms with van der Waals surface area (Å²) < 4.78 is 16.8. The highest BCUT2D eigenvalue weighted by atomic mass is 16.7. The van der Waals surface area contributed by atoms with E-state index in [1.165, 1.54) is 18.2 Å². The van der Waals surface area contributed by atoms with Crippen LogP contribution in [0, 0.1) is 23.2 Å². The van der Waals surface area contributed by atoms with Crippen molar-refractivity contribution in [2.75, 3.05) is 30.4 Å². The molecule has 8 atom stereocenters. The van der Waals surface area contributed by atoms with Crippen LogP contribution in [0.1, 0.15) is 134 Å². The molecule has 0 spiro atoms. The number of nitrogens with one attached hydrogen (secondary N) is 7. The Balaban J connectivity index is 1.07. The van der Waals surface area contributed by atoms with E-state index in [1.807, 2.05) is 110 Å². The van der Waals surface area contributed by atoms with Gasteiger partial charge in [-0.1, -0.05) is 109 Å². The maximum atomic E-state index is 13.8. The number of hydrogen-bond acceptors (Lipinski definition) is 15. The number of carboxylic acid groups (broad SMARTS) is 1. The van der Waals surface area contributed by atoms with Gasteiger partial charge in [-0.25, -0.2) is 9.59 Å². The molecule has 0 saturated carbocycles. The van der Waals surface area contributed by atoms with Gasteiger partial charge in [0.15, 0.2) is 6.10 Å². The lowest BCUT2D eigenvalue weighted by atomic mass is 9.76. The fraction of sp³-hybridized carbons (Fsp3) is 0.485. The zero-order chi connectivity index (χ0) is 65.2. The summed E-state index contributed by atoms with van der Waals surface area (Å²) in [4.78, 5) is 108. The average molecular weight is 1230 g/mol. The normalized spacial score (nSPS) is 18.1. The number of aliphatic hydroxyl groups is 3. The second-order valence-electron chi connectivity index (χ2n) is 24.4. The van der Waals surface area contributed by atoms with Crippen LogP contribution < -0.4 is 46.9 Å². The highest BCUT2D eigenvalue weighted by molar-refractivity contribution is 5.95. The molecule has 2 aliphatic heterocycles. The Morgan fingerprint density at radius 3 is 2.11 bits per heavy atom. The lowest BCUT2D eigenvalue weighted by Gasteiger charge is -2.38. The van der Waals surface area contributed by atoms with Crippen molar-refractivity contribution in [1.29, 1.82) is 0 Å². The summed E-state index contributed by atoms with van der Waals surface area (Å²) in [5.41, 5.74) is 3.94. The molecule has 0 aromatic heterocycles. The number of rotatable bonds is 28. The maximum Gasteiger partial charge on any atom is 0.411 e. The minimum atomic E-state index is -2.00. The Hall–Kier alpha value is -8.40. The van der Waals surface area contributed by atoms with E-state index in [0.717, 1.165) is 22.3 Å². The Bertz CT molecular complexity index is 3230. The fourth-order valence-electron chi connectivity index (χ4n) is 9.86. The molecule has 480 valence electrons. The molecule has 0 aliphatic carbocycles. The Morgan fingerprint density at radius 2 is 1.40 bits per heavy atom. The number of carbonyl (C=O) groups excluding carboxylic acids is 7. The third-order valence-corrected chi connectivity index (χ3v) is 15.8. The van der Waals surface area contributed by atoms with Crippen LogP contribution in [0.3, 0.4) is 0 Å². The van der Waals surface area contributed by atoms with Crippen LogP contribution in [-0.2, 0) is 68.1 Å². The van der Waals surface area contributed by atoms with Crippen LogP contribution in [0.5, 0.6) is 5.75 Å². The monoisotopic (exact) mass is 1230 g/mol. The minimum Gasteiger partial charge on any atom is -0.479 e. The minimum absolute atomic E-state index is 0.0294. The van der Waals surface area contributed by atoms with E-state index in [0.29, 0.717) is 42.7 Å². The molecule has 11 N–H and O–H groups in total. The maximum absolute atomic E-state index is 13.8. The van der Waals surface area contributed by atoms with E-state index in [9.17, 15) is 58.8 Å². The summed E-state index contributed by atoms with van der Waals surface area (Å²) in [5.74, 6) is 2.52. The Labute approximate surface area is 519 Å². The standard InChI is InChI=1S/C66H86N8O15/c1-39(2)25-30-51(75)70-36-48(73-53(77)23-14-15-24-54(78)74-37-44-19-11-10-17-42(44)27-28-43-18-12-13-22-49(43)74)60(82)68-32-31-52(76)69-35-45-33-41(26-29-50(45)88-63-57(81)55(79)56(80)58(89-63)62(84)85)38-87-64(86)72-47-21-16-20-46(34-47)66(7,8)59(67-9)61(83)71-40(3)65(4,5)6/h10-13,16-22,26,29,33-34,39-40,48,55-59,63,67,79-81H,14-15,23-25,30-32,35-38H2,1-9H3,(H,68,82)(H,69,76)(H,70,75)(H,71,83)(H,72,86)(H,73,77)(H,84,85). The van der Waals surface area contributed by atoms with Gasteiger partial charge in [-0.2, -0.15) is 0 Å². The van der Waals surface area contributed by atoms with Crippen LogP contribution in [-0.4, -0.2) is 137 Å². The summed E-state index contributed by atoms with van der Waals surface area (Å²) in [6.07, 6.45) is -9.24. The molecule has 2 heterocycles. The molecule has 23 heteroatoms. The predicted molar refractivity (Wildman–Crippen MR) is 332 cm³/mol. The van der Waals surface area contributed by atoms with Gasteiger partial charge in [-0.15, -0.1) is 0 Å².